The maximum Gasteiger partial charge on any atom is 0.0722 e. The first-order chi connectivity index (χ1) is 7.66. The van der Waals surface area contributed by atoms with E-state index in [4.69, 9.17) is 0 Å². The van der Waals surface area contributed by atoms with Crippen LogP contribution in [0, 0.1) is 0 Å². The Bertz CT molecular complexity index is 478. The predicted molar refractivity (Wildman–Crippen MR) is 73.0 cm³/mol. The van der Waals surface area contributed by atoms with Gasteiger partial charge in [-0.2, -0.15) is 0 Å². The van der Waals surface area contributed by atoms with Crippen molar-refractivity contribution < 1.29 is 5.11 Å². The molecule has 0 saturated heterocycles. The molecule has 84 valence electrons. The molecular formula is C13H14OS2. The summed E-state index contributed by atoms with van der Waals surface area (Å²) < 4.78 is 0. The normalized spacial score (nSPS) is 14.1. The Morgan fingerprint density at radius 3 is 2.88 bits per heavy atom. The Morgan fingerprint density at radius 2 is 2.25 bits per heavy atom. The quantitative estimate of drug-likeness (QED) is 0.863. The van der Waals surface area contributed by atoms with Gasteiger partial charge in [0, 0.05) is 15.3 Å². The van der Waals surface area contributed by atoms with Gasteiger partial charge in [-0.15, -0.1) is 22.7 Å². The van der Waals surface area contributed by atoms with Crippen molar-refractivity contribution in [3.8, 4) is 10.4 Å². The second-order valence-electron chi connectivity index (χ2n) is 3.78. The Morgan fingerprint density at radius 1 is 1.44 bits per heavy atom. The highest BCUT2D eigenvalue weighted by molar-refractivity contribution is 7.15. The van der Waals surface area contributed by atoms with Crippen molar-refractivity contribution in [1.82, 2.24) is 0 Å². The van der Waals surface area contributed by atoms with Crippen LogP contribution in [0.15, 0.2) is 34.5 Å². The van der Waals surface area contributed by atoms with Crippen LogP contribution in [0.4, 0.5) is 0 Å². The fourth-order valence-corrected chi connectivity index (χ4v) is 3.04. The van der Waals surface area contributed by atoms with Gasteiger partial charge in [0.25, 0.3) is 0 Å². The van der Waals surface area contributed by atoms with Crippen molar-refractivity contribution in [2.24, 2.45) is 0 Å². The summed E-state index contributed by atoms with van der Waals surface area (Å²) in [6, 6.07) is 6.36. The minimum atomic E-state index is -0.368. The topological polar surface area (TPSA) is 20.2 Å². The van der Waals surface area contributed by atoms with Crippen LogP contribution in [0.2, 0.25) is 0 Å². The van der Waals surface area contributed by atoms with Crippen LogP contribution >= 0.6 is 22.7 Å². The van der Waals surface area contributed by atoms with Gasteiger partial charge in [-0.25, -0.2) is 0 Å². The molecule has 0 bridgehead atoms. The van der Waals surface area contributed by atoms with Crippen molar-refractivity contribution in [1.29, 1.82) is 0 Å². The van der Waals surface area contributed by atoms with E-state index >= 15 is 0 Å². The Hall–Kier alpha value is -0.900. The van der Waals surface area contributed by atoms with Crippen LogP contribution in [-0.4, -0.2) is 11.2 Å². The minimum absolute atomic E-state index is 0.368. The van der Waals surface area contributed by atoms with Gasteiger partial charge in [0.05, 0.1) is 6.10 Å². The molecule has 1 atom stereocenters. The molecule has 0 aliphatic carbocycles. The summed E-state index contributed by atoms with van der Waals surface area (Å²) >= 11 is 3.46. The van der Waals surface area contributed by atoms with Crippen LogP contribution in [0.1, 0.15) is 18.7 Å². The van der Waals surface area contributed by atoms with Crippen molar-refractivity contribution in [3.05, 3.63) is 39.4 Å². The van der Waals surface area contributed by atoms with Gasteiger partial charge in [-0.1, -0.05) is 6.07 Å². The second-order valence-corrected chi connectivity index (χ2v) is 5.67. The molecule has 0 radical (unpaired) electrons. The average Bonchev–Trinajstić information content (AvgIpc) is 2.85. The molecule has 1 nitrogen and oxygen atoms in total. The number of rotatable bonds is 3. The fraction of sp³-hybridized carbons (Fsp3) is 0.231. The van der Waals surface area contributed by atoms with Crippen LogP contribution < -0.4 is 0 Å². The molecule has 2 aromatic rings. The van der Waals surface area contributed by atoms with E-state index in [1.165, 1.54) is 15.3 Å². The third kappa shape index (κ3) is 2.61. The number of aliphatic hydroxyl groups excluding tert-OH is 1. The van der Waals surface area contributed by atoms with Crippen molar-refractivity contribution in [2.45, 2.75) is 20.0 Å². The molecule has 0 saturated carbocycles. The van der Waals surface area contributed by atoms with Gasteiger partial charge in [0.2, 0.25) is 0 Å². The first-order valence-corrected chi connectivity index (χ1v) is 6.91. The van der Waals surface area contributed by atoms with Crippen molar-refractivity contribution in [2.75, 3.05) is 0 Å². The van der Waals surface area contributed by atoms with Crippen molar-refractivity contribution >= 4 is 28.7 Å². The van der Waals surface area contributed by atoms with Crippen LogP contribution in [0.3, 0.4) is 0 Å². The highest BCUT2D eigenvalue weighted by Gasteiger charge is 2.03. The molecule has 3 heteroatoms. The molecule has 16 heavy (non-hydrogen) atoms. The average molecular weight is 250 g/mol. The van der Waals surface area contributed by atoms with E-state index < -0.39 is 0 Å². The van der Waals surface area contributed by atoms with E-state index in [0.717, 1.165) is 5.57 Å². The summed E-state index contributed by atoms with van der Waals surface area (Å²) in [5, 5.41) is 13.7. The molecular weight excluding hydrogens is 236 g/mol. The Labute approximate surface area is 104 Å². The molecule has 0 aliphatic heterocycles. The van der Waals surface area contributed by atoms with Gasteiger partial charge in [0.15, 0.2) is 0 Å². The molecule has 0 aliphatic rings. The second kappa shape index (κ2) is 4.95. The molecule has 2 rings (SSSR count). The van der Waals surface area contributed by atoms with E-state index in [1.807, 2.05) is 13.0 Å². The SMILES string of the molecule is C/C(=C\c1cc(-c2cccs2)cs1)C(C)O. The molecule has 0 aromatic carbocycles. The summed E-state index contributed by atoms with van der Waals surface area (Å²) in [5.41, 5.74) is 2.27. The molecule has 1 unspecified atom stereocenters. The first-order valence-electron chi connectivity index (χ1n) is 5.15. The Kier molecular flexibility index (Phi) is 3.59. The predicted octanol–water partition coefficient (Wildman–Crippen LogP) is 4.26. The molecule has 0 fully saturated rings. The van der Waals surface area contributed by atoms with Crippen LogP contribution in [-0.2, 0) is 0 Å². The number of hydrogen-bond donors (Lipinski definition) is 1. The molecule has 1 N–H and O–H groups in total. The number of thiophene rings is 2. The molecule has 0 amide bonds. The third-order valence-corrected chi connectivity index (χ3v) is 4.25. The number of aliphatic hydroxyl groups is 1. The summed E-state index contributed by atoms with van der Waals surface area (Å²) in [5.74, 6) is 0. The Balaban J connectivity index is 2.24. The molecule has 0 spiro atoms. The van der Waals surface area contributed by atoms with Gasteiger partial charge >= 0.3 is 0 Å². The standard InChI is InChI=1S/C13H14OS2/c1-9(10(2)14)6-12-7-11(8-16-12)13-4-3-5-15-13/h3-8,10,14H,1-2H3/b9-6+. The minimum Gasteiger partial charge on any atom is -0.389 e. The lowest BCUT2D eigenvalue weighted by Gasteiger charge is -2.01. The smallest absolute Gasteiger partial charge is 0.0722 e. The van der Waals surface area contributed by atoms with E-state index in [1.54, 1.807) is 29.6 Å². The van der Waals surface area contributed by atoms with E-state index in [9.17, 15) is 5.11 Å². The summed E-state index contributed by atoms with van der Waals surface area (Å²) in [4.78, 5) is 2.49. The van der Waals surface area contributed by atoms with Crippen LogP contribution in [0.25, 0.3) is 16.5 Å². The van der Waals surface area contributed by atoms with Gasteiger partial charge in [-0.05, 0) is 48.4 Å². The first kappa shape index (κ1) is 11.6. The summed E-state index contributed by atoms with van der Waals surface area (Å²) in [6.45, 7) is 3.74. The maximum absolute atomic E-state index is 9.41. The zero-order chi connectivity index (χ0) is 11.5. The largest absolute Gasteiger partial charge is 0.389 e. The van der Waals surface area contributed by atoms with Gasteiger partial charge in [0.1, 0.15) is 0 Å². The lowest BCUT2D eigenvalue weighted by molar-refractivity contribution is 0.232. The van der Waals surface area contributed by atoms with E-state index in [-0.39, 0.29) is 6.10 Å². The van der Waals surface area contributed by atoms with E-state index in [2.05, 4.69) is 29.0 Å². The highest BCUT2D eigenvalue weighted by atomic mass is 32.1. The third-order valence-electron chi connectivity index (χ3n) is 2.45. The summed E-state index contributed by atoms with van der Waals surface area (Å²) in [7, 11) is 0. The van der Waals surface area contributed by atoms with Gasteiger partial charge < -0.3 is 5.11 Å². The zero-order valence-corrected chi connectivity index (χ0v) is 10.9. The summed E-state index contributed by atoms with van der Waals surface area (Å²) in [6.07, 6.45) is 1.68. The van der Waals surface area contributed by atoms with Gasteiger partial charge in [-0.3, -0.25) is 0 Å². The van der Waals surface area contributed by atoms with Crippen LogP contribution in [0.5, 0.6) is 0 Å². The van der Waals surface area contributed by atoms with E-state index in [0.29, 0.717) is 0 Å². The zero-order valence-electron chi connectivity index (χ0n) is 9.31. The fourth-order valence-electron chi connectivity index (χ4n) is 1.35. The monoisotopic (exact) mass is 250 g/mol. The maximum atomic E-state index is 9.41. The molecule has 2 aromatic heterocycles. The molecule has 2 heterocycles. The lowest BCUT2D eigenvalue weighted by atomic mass is 10.1. The number of hydrogen-bond acceptors (Lipinski definition) is 3. The highest BCUT2D eigenvalue weighted by Crippen LogP contribution is 2.30. The van der Waals surface area contributed by atoms with Crippen molar-refractivity contribution in [3.63, 3.8) is 0 Å². The lowest BCUT2D eigenvalue weighted by Crippen LogP contribution is -1.99.